The van der Waals surface area contributed by atoms with Crippen molar-refractivity contribution < 1.29 is 0 Å². The van der Waals surface area contributed by atoms with Crippen LogP contribution in [0.4, 0.5) is 0 Å². The fraction of sp³-hybridized carbons (Fsp3) is 0.167. The molecule has 1 aromatic rings. The van der Waals surface area contributed by atoms with Crippen LogP contribution < -0.4 is 0 Å². The Morgan fingerprint density at radius 1 is 1.21 bits per heavy atom. The van der Waals surface area contributed by atoms with Crippen LogP contribution in [0.25, 0.3) is 0 Å². The predicted molar refractivity (Wildman–Crippen MR) is 52.2 cm³/mol. The largest absolute Gasteiger partial charge is 0.262 e. The fourth-order valence-electron chi connectivity index (χ4n) is 0.860. The quantitative estimate of drug-likeness (QED) is 0.718. The lowest BCUT2D eigenvalue weighted by Gasteiger charge is -2.13. The van der Waals surface area contributed by atoms with Crippen molar-refractivity contribution in [2.24, 2.45) is 13.7 Å². The second-order valence-corrected chi connectivity index (χ2v) is 4.33. The number of rotatable bonds is 4. The first-order chi connectivity index (χ1) is 6.68. The Kier molecular flexibility index (Phi) is 2.97. The highest BCUT2D eigenvalue weighted by Gasteiger charge is 2.31. The van der Waals surface area contributed by atoms with Gasteiger partial charge in [0.05, 0.1) is 4.90 Å². The maximum absolute atomic E-state index is 10.4. The molecule has 74 valence electrons. The van der Waals surface area contributed by atoms with Crippen molar-refractivity contribution in [3.63, 3.8) is 0 Å². The molecule has 0 aliphatic carbocycles. The maximum atomic E-state index is 10.4. The van der Waals surface area contributed by atoms with Crippen LogP contribution in [0.3, 0.4) is 0 Å². The van der Waals surface area contributed by atoms with Gasteiger partial charge in [-0.05, 0) is 19.1 Å². The van der Waals surface area contributed by atoms with E-state index in [0.29, 0.717) is 5.69 Å². The molecule has 0 saturated heterocycles. The van der Waals surface area contributed by atoms with Gasteiger partial charge in [0.1, 0.15) is 0 Å². The highest BCUT2D eigenvalue weighted by atomic mass is 32.3. The third-order valence-electron chi connectivity index (χ3n) is 1.50. The summed E-state index contributed by atoms with van der Waals surface area (Å²) in [5.41, 5.74) is 0.551. The molecule has 0 saturated carbocycles. The summed E-state index contributed by atoms with van der Waals surface area (Å²) in [6.45, 7) is 1.65. The first-order valence-electron chi connectivity index (χ1n) is 3.48. The molecule has 0 fully saturated rings. The molecular weight excluding hydrogens is 208 g/mol. The van der Waals surface area contributed by atoms with E-state index in [-0.39, 0.29) is 4.90 Å². The Balaban J connectivity index is 3.30. The topological polar surface area (TPSA) is 101 Å². The fourth-order valence-corrected chi connectivity index (χ4v) is 1.77. The van der Waals surface area contributed by atoms with Gasteiger partial charge >= 0.3 is 0 Å². The van der Waals surface area contributed by atoms with E-state index in [9.17, 15) is 14.7 Å². The van der Waals surface area contributed by atoms with Crippen LogP contribution in [0, 0.1) is 21.6 Å². The Hall–Kier alpha value is -1.70. The van der Waals surface area contributed by atoms with E-state index in [4.69, 9.17) is 0 Å². The van der Waals surface area contributed by atoms with E-state index in [2.05, 4.69) is 18.7 Å². The van der Waals surface area contributed by atoms with Crippen LogP contribution in [-0.4, -0.2) is 4.98 Å². The van der Waals surface area contributed by atoms with Gasteiger partial charge in [-0.15, -0.1) is 14.7 Å². The van der Waals surface area contributed by atoms with Crippen molar-refractivity contribution in [3.8, 4) is 0 Å². The number of aryl methyl sites for hydroxylation is 1. The monoisotopic (exact) mass is 214 g/mol. The summed E-state index contributed by atoms with van der Waals surface area (Å²) in [6, 6.07) is 2.71. The van der Waals surface area contributed by atoms with Gasteiger partial charge in [-0.3, -0.25) is 4.98 Å². The number of nitrogens with zero attached hydrogens (tertiary/aromatic N) is 4. The minimum absolute atomic E-state index is 0.102. The lowest BCUT2D eigenvalue weighted by Crippen LogP contribution is -1.90. The summed E-state index contributed by atoms with van der Waals surface area (Å²) in [6.07, 6.45) is 1.36. The van der Waals surface area contributed by atoms with Gasteiger partial charge < -0.3 is 0 Å². The SMILES string of the molecule is Cc1cc(S(N=O)(N=O)N=O)ccn1. The van der Waals surface area contributed by atoms with E-state index in [1.54, 1.807) is 6.92 Å². The average molecular weight is 214 g/mol. The molecule has 0 N–H and O–H groups in total. The van der Waals surface area contributed by atoms with E-state index in [1.807, 2.05) is 0 Å². The van der Waals surface area contributed by atoms with Crippen LogP contribution in [0.15, 0.2) is 37.0 Å². The van der Waals surface area contributed by atoms with Crippen molar-refractivity contribution >= 4 is 10.6 Å². The smallest absolute Gasteiger partial charge is 0.197 e. The lowest BCUT2D eigenvalue weighted by atomic mass is 10.4. The second-order valence-electron chi connectivity index (χ2n) is 2.38. The molecule has 0 atom stereocenters. The van der Waals surface area contributed by atoms with E-state index < -0.39 is 10.6 Å². The van der Waals surface area contributed by atoms with Crippen molar-refractivity contribution in [2.45, 2.75) is 11.8 Å². The molecule has 0 aliphatic heterocycles. The van der Waals surface area contributed by atoms with Crippen molar-refractivity contribution in [3.05, 3.63) is 38.7 Å². The number of nitroso groups, excluding NO2 is 3. The summed E-state index contributed by atoms with van der Waals surface area (Å²) >= 11 is 0. The number of pyridine rings is 1. The molecular formula is C6H6N4O3S. The minimum atomic E-state index is -3.34. The molecule has 1 heterocycles. The van der Waals surface area contributed by atoms with Crippen LogP contribution in [0.1, 0.15) is 5.69 Å². The number of hydrogen-bond donors (Lipinski definition) is 0. The Labute approximate surface area is 80.6 Å². The minimum Gasteiger partial charge on any atom is -0.262 e. The molecule has 0 radical (unpaired) electrons. The van der Waals surface area contributed by atoms with Gasteiger partial charge in [-0.1, -0.05) is 0 Å². The Morgan fingerprint density at radius 3 is 2.21 bits per heavy atom. The predicted octanol–water partition coefficient (Wildman–Crippen LogP) is 2.60. The molecule has 1 rings (SSSR count). The molecule has 14 heavy (non-hydrogen) atoms. The molecule has 7 nitrogen and oxygen atoms in total. The first-order valence-corrected chi connectivity index (χ1v) is 4.98. The zero-order chi connectivity index (χ0) is 10.6. The summed E-state index contributed by atoms with van der Waals surface area (Å²) in [5, 5.41) is 0. The van der Waals surface area contributed by atoms with Gasteiger partial charge in [0.15, 0.2) is 10.6 Å². The van der Waals surface area contributed by atoms with Gasteiger partial charge in [-0.25, -0.2) is 0 Å². The van der Waals surface area contributed by atoms with E-state index in [1.165, 1.54) is 18.3 Å². The van der Waals surface area contributed by atoms with Crippen LogP contribution in [-0.2, 0) is 0 Å². The average Bonchev–Trinajstić information content (AvgIpc) is 2.22. The molecule has 0 aliphatic rings. The standard InChI is InChI=1S/C6H6N4O3S/c1-5-4-6(2-3-7-5)14(8-11,9-12)10-13/h2-4H,1H3. The van der Waals surface area contributed by atoms with Gasteiger partial charge in [0.2, 0.25) is 0 Å². The zero-order valence-electron chi connectivity index (χ0n) is 7.15. The molecule has 0 bridgehead atoms. The van der Waals surface area contributed by atoms with Crippen molar-refractivity contribution in [1.82, 2.24) is 4.98 Å². The van der Waals surface area contributed by atoms with Gasteiger partial charge in [-0.2, -0.15) is 0 Å². The van der Waals surface area contributed by atoms with Crippen LogP contribution in [0.2, 0.25) is 0 Å². The molecule has 0 unspecified atom stereocenters. The highest BCUT2D eigenvalue weighted by molar-refractivity contribution is 8.30. The maximum Gasteiger partial charge on any atom is 0.197 e. The van der Waals surface area contributed by atoms with E-state index >= 15 is 0 Å². The highest BCUT2D eigenvalue weighted by Crippen LogP contribution is 2.59. The summed E-state index contributed by atoms with van der Waals surface area (Å²) < 4.78 is 7.25. The van der Waals surface area contributed by atoms with Crippen molar-refractivity contribution in [2.75, 3.05) is 0 Å². The summed E-state index contributed by atoms with van der Waals surface area (Å²) in [7, 11) is -3.34. The lowest BCUT2D eigenvalue weighted by molar-refractivity contribution is 1.15. The van der Waals surface area contributed by atoms with E-state index in [0.717, 1.165) is 0 Å². The Morgan fingerprint density at radius 2 is 1.79 bits per heavy atom. The first kappa shape index (κ1) is 10.4. The second kappa shape index (κ2) is 4.01. The number of aromatic nitrogens is 1. The normalized spacial score (nSPS) is 11.8. The zero-order valence-corrected chi connectivity index (χ0v) is 7.97. The molecule has 8 heteroatoms. The summed E-state index contributed by atoms with van der Waals surface area (Å²) in [5.74, 6) is 0. The van der Waals surface area contributed by atoms with Gasteiger partial charge in [0, 0.05) is 25.6 Å². The molecule has 0 spiro atoms. The molecule has 0 aromatic carbocycles. The van der Waals surface area contributed by atoms with Crippen LogP contribution >= 0.6 is 10.6 Å². The van der Waals surface area contributed by atoms with Crippen molar-refractivity contribution in [1.29, 1.82) is 0 Å². The van der Waals surface area contributed by atoms with Gasteiger partial charge in [0.25, 0.3) is 0 Å². The third kappa shape index (κ3) is 1.64. The number of hydrogen-bond acceptors (Lipinski definition) is 7. The summed E-state index contributed by atoms with van der Waals surface area (Å²) in [4.78, 5) is 35.1. The molecule has 1 aromatic heterocycles. The molecule has 0 amide bonds. The third-order valence-corrected chi connectivity index (χ3v) is 3.01. The Bertz CT molecular complexity index is 361. The van der Waals surface area contributed by atoms with Crippen LogP contribution in [0.5, 0.6) is 0 Å².